The lowest BCUT2D eigenvalue weighted by Crippen LogP contribution is -2.16. The molecular weight excluding hydrogens is 272 g/mol. The second-order valence-electron chi connectivity index (χ2n) is 6.59. The predicted octanol–water partition coefficient (Wildman–Crippen LogP) is 5.51. The van der Waals surface area contributed by atoms with Crippen LogP contribution >= 0.6 is 0 Å². The molecule has 0 aliphatic carbocycles. The van der Waals surface area contributed by atoms with Crippen LogP contribution in [0, 0.1) is 0 Å². The summed E-state index contributed by atoms with van der Waals surface area (Å²) in [5.41, 5.74) is 4.63. The second-order valence-corrected chi connectivity index (χ2v) is 6.59. The summed E-state index contributed by atoms with van der Waals surface area (Å²) in [5, 5.41) is 0. The Morgan fingerprint density at radius 2 is 1.82 bits per heavy atom. The molecule has 2 rings (SSSR count). The van der Waals surface area contributed by atoms with E-state index in [4.69, 9.17) is 4.74 Å². The van der Waals surface area contributed by atoms with E-state index in [1.807, 2.05) is 6.92 Å². The first-order chi connectivity index (χ1) is 10.4. The first kappa shape index (κ1) is 16.8. The second kappa shape index (κ2) is 6.68. The number of fused-ring (bicyclic) bond motifs is 1. The van der Waals surface area contributed by atoms with E-state index in [0.717, 1.165) is 29.9 Å². The van der Waals surface area contributed by atoms with Gasteiger partial charge in [-0.3, -0.25) is 4.79 Å². The predicted molar refractivity (Wildman–Crippen MR) is 91.6 cm³/mol. The van der Waals surface area contributed by atoms with Gasteiger partial charge in [0.05, 0.1) is 0 Å². The molecule has 1 aliphatic rings. The number of rotatable bonds is 5. The van der Waals surface area contributed by atoms with Crippen LogP contribution in [-0.2, 0) is 11.2 Å². The molecule has 1 aromatic rings. The summed E-state index contributed by atoms with van der Waals surface area (Å²) in [7, 11) is 0. The molecule has 2 atom stereocenters. The van der Waals surface area contributed by atoms with Gasteiger partial charge < -0.3 is 4.74 Å². The van der Waals surface area contributed by atoms with Crippen molar-refractivity contribution in [2.45, 2.75) is 72.6 Å². The molecule has 0 aromatic heterocycles. The Bertz CT molecular complexity index is 610. The fraction of sp³-hybridized carbons (Fsp3) is 0.550. The summed E-state index contributed by atoms with van der Waals surface area (Å²) in [4.78, 5) is 11.8. The normalized spacial score (nSPS) is 16.8. The van der Waals surface area contributed by atoms with E-state index < -0.39 is 0 Å². The highest BCUT2D eigenvalue weighted by Gasteiger charge is 2.25. The van der Waals surface area contributed by atoms with Gasteiger partial charge in [-0.25, -0.2) is 0 Å². The number of Topliss-reactive ketones (excluding diaryl/α,β-unsaturated/α-hetero) is 1. The molecule has 120 valence electrons. The number of hydrogen-bond donors (Lipinski definition) is 0. The lowest BCUT2D eigenvalue weighted by Gasteiger charge is -2.27. The van der Waals surface area contributed by atoms with Crippen LogP contribution in [0.1, 0.15) is 82.9 Å². The summed E-state index contributed by atoms with van der Waals surface area (Å²) in [5.74, 6) is 2.86. The van der Waals surface area contributed by atoms with Gasteiger partial charge in [-0.05, 0) is 55.2 Å². The molecular formula is C20H28O2. The van der Waals surface area contributed by atoms with Crippen LogP contribution in [0.25, 0.3) is 0 Å². The molecule has 0 saturated heterocycles. The maximum Gasteiger partial charge on any atom is 0.159 e. The first-order valence-corrected chi connectivity index (χ1v) is 8.44. The van der Waals surface area contributed by atoms with Crippen molar-refractivity contribution >= 4 is 5.78 Å². The lowest BCUT2D eigenvalue weighted by molar-refractivity contribution is -0.113. The Morgan fingerprint density at radius 3 is 2.36 bits per heavy atom. The highest BCUT2D eigenvalue weighted by atomic mass is 16.5. The Balaban J connectivity index is 2.56. The van der Waals surface area contributed by atoms with Crippen LogP contribution in [0.2, 0.25) is 0 Å². The highest BCUT2D eigenvalue weighted by molar-refractivity contribution is 5.94. The number of ether oxygens (including phenoxy) is 1. The molecule has 2 nitrogen and oxygen atoms in total. The molecule has 2 unspecified atom stereocenters. The topological polar surface area (TPSA) is 26.3 Å². The molecule has 0 bridgehead atoms. The smallest absolute Gasteiger partial charge is 0.159 e. The molecule has 0 saturated carbocycles. The van der Waals surface area contributed by atoms with Crippen LogP contribution in [0.15, 0.2) is 23.5 Å². The van der Waals surface area contributed by atoms with Gasteiger partial charge in [-0.15, -0.1) is 0 Å². The lowest BCUT2D eigenvalue weighted by atomic mass is 9.85. The maximum absolute atomic E-state index is 11.8. The summed E-state index contributed by atoms with van der Waals surface area (Å²) in [6.07, 6.45) is 2.90. The van der Waals surface area contributed by atoms with Gasteiger partial charge in [0, 0.05) is 12.0 Å². The number of allylic oxidation sites excluding steroid dienone is 2. The molecule has 0 amide bonds. The molecule has 0 fully saturated rings. The van der Waals surface area contributed by atoms with Crippen molar-refractivity contribution in [1.29, 1.82) is 0 Å². The van der Waals surface area contributed by atoms with E-state index in [1.54, 1.807) is 6.92 Å². The zero-order valence-electron chi connectivity index (χ0n) is 14.7. The fourth-order valence-corrected chi connectivity index (χ4v) is 3.00. The van der Waals surface area contributed by atoms with E-state index in [2.05, 4.69) is 39.8 Å². The first-order valence-electron chi connectivity index (χ1n) is 8.44. The Kier molecular flexibility index (Phi) is 5.10. The number of ketones is 1. The van der Waals surface area contributed by atoms with Crippen LogP contribution in [0.4, 0.5) is 0 Å². The third-order valence-corrected chi connectivity index (χ3v) is 5.01. The van der Waals surface area contributed by atoms with Crippen molar-refractivity contribution in [2.24, 2.45) is 0 Å². The minimum atomic E-state index is 0.113. The van der Waals surface area contributed by atoms with E-state index in [1.165, 1.54) is 16.7 Å². The van der Waals surface area contributed by atoms with Crippen molar-refractivity contribution < 1.29 is 9.53 Å². The molecule has 0 radical (unpaired) electrons. The number of hydrogen-bond acceptors (Lipinski definition) is 2. The standard InChI is InChI=1S/C20H28O2/c1-7-12(3)16-9-17-11-19(14(5)21)15(6)22-20(17)18(10-16)13(4)8-2/h9-10,12-13H,7-8,11H2,1-6H3. The number of benzene rings is 1. The molecule has 2 heteroatoms. The average molecular weight is 300 g/mol. The molecule has 1 aliphatic heterocycles. The summed E-state index contributed by atoms with van der Waals surface area (Å²) in [6.45, 7) is 12.5. The Hall–Kier alpha value is -1.57. The van der Waals surface area contributed by atoms with Crippen LogP contribution in [0.3, 0.4) is 0 Å². The van der Waals surface area contributed by atoms with Crippen molar-refractivity contribution in [2.75, 3.05) is 0 Å². The Labute approximate surface area is 134 Å². The summed E-state index contributed by atoms with van der Waals surface area (Å²) < 4.78 is 6.09. The van der Waals surface area contributed by atoms with Crippen LogP contribution in [-0.4, -0.2) is 5.78 Å². The minimum Gasteiger partial charge on any atom is -0.461 e. The largest absolute Gasteiger partial charge is 0.461 e. The Morgan fingerprint density at radius 1 is 1.18 bits per heavy atom. The van der Waals surface area contributed by atoms with Crippen molar-refractivity contribution in [3.63, 3.8) is 0 Å². The zero-order chi connectivity index (χ0) is 16.4. The molecule has 0 N–H and O–H groups in total. The van der Waals surface area contributed by atoms with E-state index in [0.29, 0.717) is 18.3 Å². The van der Waals surface area contributed by atoms with Crippen molar-refractivity contribution in [3.8, 4) is 5.75 Å². The third-order valence-electron chi connectivity index (χ3n) is 5.01. The molecule has 1 aromatic carbocycles. The van der Waals surface area contributed by atoms with Crippen molar-refractivity contribution in [3.05, 3.63) is 40.2 Å². The molecule has 22 heavy (non-hydrogen) atoms. The van der Waals surface area contributed by atoms with Gasteiger partial charge in [0.2, 0.25) is 0 Å². The van der Waals surface area contributed by atoms with Gasteiger partial charge in [0.1, 0.15) is 11.5 Å². The van der Waals surface area contributed by atoms with E-state index in [-0.39, 0.29) is 5.78 Å². The van der Waals surface area contributed by atoms with Gasteiger partial charge in [-0.2, -0.15) is 0 Å². The van der Waals surface area contributed by atoms with Crippen molar-refractivity contribution in [1.82, 2.24) is 0 Å². The van der Waals surface area contributed by atoms with Crippen LogP contribution < -0.4 is 4.74 Å². The quantitative estimate of drug-likeness (QED) is 0.716. The summed E-state index contributed by atoms with van der Waals surface area (Å²) >= 11 is 0. The summed E-state index contributed by atoms with van der Waals surface area (Å²) in [6, 6.07) is 4.55. The average Bonchev–Trinajstić information content (AvgIpc) is 2.51. The van der Waals surface area contributed by atoms with Gasteiger partial charge in [0.25, 0.3) is 0 Å². The zero-order valence-corrected chi connectivity index (χ0v) is 14.7. The maximum atomic E-state index is 11.8. The fourth-order valence-electron chi connectivity index (χ4n) is 3.00. The number of carbonyl (C=O) groups is 1. The SMILES string of the molecule is CCC(C)c1cc2c(c(C(C)CC)c1)OC(C)=C(C(C)=O)C2. The minimum absolute atomic E-state index is 0.113. The van der Waals surface area contributed by atoms with E-state index >= 15 is 0 Å². The van der Waals surface area contributed by atoms with Gasteiger partial charge in [-0.1, -0.05) is 39.8 Å². The van der Waals surface area contributed by atoms with Gasteiger partial charge in [0.15, 0.2) is 5.78 Å². The molecule has 0 spiro atoms. The van der Waals surface area contributed by atoms with E-state index in [9.17, 15) is 4.79 Å². The highest BCUT2D eigenvalue weighted by Crippen LogP contribution is 2.40. The third kappa shape index (κ3) is 3.11. The van der Waals surface area contributed by atoms with Crippen LogP contribution in [0.5, 0.6) is 5.75 Å². The van der Waals surface area contributed by atoms with Gasteiger partial charge >= 0.3 is 0 Å². The number of carbonyl (C=O) groups excluding carboxylic acids is 1. The molecule has 1 heterocycles. The monoisotopic (exact) mass is 300 g/mol.